The van der Waals surface area contributed by atoms with Gasteiger partial charge in [0.15, 0.2) is 0 Å². The van der Waals surface area contributed by atoms with Gasteiger partial charge in [-0.05, 0) is 44.6 Å². The Morgan fingerprint density at radius 3 is 2.58 bits per heavy atom. The Hall–Kier alpha value is -1.10. The van der Waals surface area contributed by atoms with Gasteiger partial charge in [0, 0.05) is 11.0 Å². The van der Waals surface area contributed by atoms with E-state index in [4.69, 9.17) is 5.11 Å². The summed E-state index contributed by atoms with van der Waals surface area (Å²) in [5, 5.41) is 8.95. The number of hydrogen-bond acceptors (Lipinski definition) is 2. The van der Waals surface area contributed by atoms with E-state index in [0.29, 0.717) is 17.1 Å². The van der Waals surface area contributed by atoms with Crippen LogP contribution >= 0.6 is 11.8 Å². The number of carboxylic acids is 1. The average molecular weight is 288 g/mol. The molecule has 0 radical (unpaired) electrons. The van der Waals surface area contributed by atoms with Crippen molar-refractivity contribution in [1.82, 2.24) is 0 Å². The Morgan fingerprint density at radius 1 is 1.32 bits per heavy atom. The average Bonchev–Trinajstić information content (AvgIpc) is 2.31. The lowest BCUT2D eigenvalue weighted by Crippen LogP contribution is -2.23. The SMILES string of the molecule is CC(C)(CCCCSc1ccc(F)cc1F)C(=O)O. The molecule has 1 rings (SSSR count). The number of rotatable bonds is 7. The van der Waals surface area contributed by atoms with Crippen LogP contribution in [0.4, 0.5) is 8.78 Å². The van der Waals surface area contributed by atoms with E-state index in [0.717, 1.165) is 18.9 Å². The first kappa shape index (κ1) is 16.0. The summed E-state index contributed by atoms with van der Waals surface area (Å²) in [6.45, 7) is 3.39. The lowest BCUT2D eigenvalue weighted by Gasteiger charge is -2.18. The maximum Gasteiger partial charge on any atom is 0.309 e. The second kappa shape index (κ2) is 6.89. The topological polar surface area (TPSA) is 37.3 Å². The molecule has 106 valence electrons. The summed E-state index contributed by atoms with van der Waals surface area (Å²) in [4.78, 5) is 11.3. The first-order valence-electron chi connectivity index (χ1n) is 6.14. The molecule has 1 aromatic rings. The van der Waals surface area contributed by atoms with Gasteiger partial charge in [-0.25, -0.2) is 8.78 Å². The third-order valence-corrected chi connectivity index (χ3v) is 4.06. The van der Waals surface area contributed by atoms with Crippen LogP contribution in [0.15, 0.2) is 23.1 Å². The van der Waals surface area contributed by atoms with Crippen LogP contribution < -0.4 is 0 Å². The zero-order chi connectivity index (χ0) is 14.5. The minimum Gasteiger partial charge on any atom is -0.481 e. The van der Waals surface area contributed by atoms with Gasteiger partial charge in [-0.15, -0.1) is 11.8 Å². The quantitative estimate of drug-likeness (QED) is 0.599. The van der Waals surface area contributed by atoms with Gasteiger partial charge < -0.3 is 5.11 Å². The number of thioether (sulfide) groups is 1. The van der Waals surface area contributed by atoms with Crippen LogP contribution in [0.25, 0.3) is 0 Å². The summed E-state index contributed by atoms with van der Waals surface area (Å²) >= 11 is 1.33. The van der Waals surface area contributed by atoms with E-state index in [-0.39, 0.29) is 0 Å². The molecule has 5 heteroatoms. The molecule has 0 aliphatic carbocycles. The van der Waals surface area contributed by atoms with Crippen LogP contribution in [-0.2, 0) is 4.79 Å². The molecule has 0 saturated heterocycles. The van der Waals surface area contributed by atoms with Crippen molar-refractivity contribution >= 4 is 17.7 Å². The molecule has 0 fully saturated rings. The third kappa shape index (κ3) is 5.19. The Kier molecular flexibility index (Phi) is 5.79. The molecule has 1 N–H and O–H groups in total. The summed E-state index contributed by atoms with van der Waals surface area (Å²) < 4.78 is 26.0. The van der Waals surface area contributed by atoms with E-state index in [1.54, 1.807) is 13.8 Å². The summed E-state index contributed by atoms with van der Waals surface area (Å²) in [5.41, 5.74) is -0.716. The Balaban J connectivity index is 2.30. The van der Waals surface area contributed by atoms with Crippen molar-refractivity contribution in [3.05, 3.63) is 29.8 Å². The zero-order valence-corrected chi connectivity index (χ0v) is 11.9. The molecule has 0 atom stereocenters. The van der Waals surface area contributed by atoms with E-state index >= 15 is 0 Å². The van der Waals surface area contributed by atoms with Crippen molar-refractivity contribution in [2.24, 2.45) is 5.41 Å². The summed E-state index contributed by atoms with van der Waals surface area (Å²) in [6.07, 6.45) is 2.17. The number of benzene rings is 1. The minimum atomic E-state index is -0.801. The van der Waals surface area contributed by atoms with Crippen LogP contribution in [0.3, 0.4) is 0 Å². The largest absolute Gasteiger partial charge is 0.481 e. The Labute approximate surface area is 116 Å². The van der Waals surface area contributed by atoms with Crippen LogP contribution in [-0.4, -0.2) is 16.8 Å². The van der Waals surface area contributed by atoms with Crippen molar-refractivity contribution in [2.45, 2.75) is 38.0 Å². The fourth-order valence-corrected chi connectivity index (χ4v) is 2.48. The number of carbonyl (C=O) groups is 1. The molecule has 19 heavy (non-hydrogen) atoms. The van der Waals surface area contributed by atoms with Crippen molar-refractivity contribution in [3.8, 4) is 0 Å². The fraction of sp³-hybridized carbons (Fsp3) is 0.500. The molecule has 0 saturated carbocycles. The van der Waals surface area contributed by atoms with Crippen molar-refractivity contribution in [1.29, 1.82) is 0 Å². The predicted molar refractivity (Wildman–Crippen MR) is 72.3 cm³/mol. The zero-order valence-electron chi connectivity index (χ0n) is 11.1. The molecule has 2 nitrogen and oxygen atoms in total. The molecule has 0 unspecified atom stereocenters. The minimum absolute atomic E-state index is 0.430. The highest BCUT2D eigenvalue weighted by molar-refractivity contribution is 7.99. The maximum atomic E-state index is 13.3. The van der Waals surface area contributed by atoms with Gasteiger partial charge in [0.2, 0.25) is 0 Å². The number of hydrogen-bond donors (Lipinski definition) is 1. The molecule has 1 aromatic carbocycles. The maximum absolute atomic E-state index is 13.3. The standard InChI is InChI=1S/C14H18F2O2S/c1-14(2,13(17)18)7-3-4-8-19-12-6-5-10(15)9-11(12)16/h5-6,9H,3-4,7-8H2,1-2H3,(H,17,18). The first-order valence-corrected chi connectivity index (χ1v) is 7.13. The normalized spacial score (nSPS) is 11.6. The van der Waals surface area contributed by atoms with Gasteiger partial charge in [-0.1, -0.05) is 6.42 Å². The van der Waals surface area contributed by atoms with Crippen LogP contribution in [0.5, 0.6) is 0 Å². The van der Waals surface area contributed by atoms with E-state index < -0.39 is 23.0 Å². The smallest absolute Gasteiger partial charge is 0.309 e. The summed E-state index contributed by atoms with van der Waals surface area (Å²) in [5.74, 6) is -1.23. The third-order valence-electron chi connectivity index (χ3n) is 2.93. The molecule has 0 aromatic heterocycles. The second-order valence-corrected chi connectivity index (χ2v) is 6.21. The predicted octanol–water partition coefficient (Wildman–Crippen LogP) is 4.34. The molecule has 0 aliphatic heterocycles. The molecule has 0 spiro atoms. The van der Waals surface area contributed by atoms with E-state index in [1.807, 2.05) is 0 Å². The van der Waals surface area contributed by atoms with Crippen LogP contribution in [0.1, 0.15) is 33.1 Å². The summed E-state index contributed by atoms with van der Waals surface area (Å²) in [7, 11) is 0. The second-order valence-electron chi connectivity index (χ2n) is 5.07. The van der Waals surface area contributed by atoms with Gasteiger partial charge in [0.25, 0.3) is 0 Å². The van der Waals surface area contributed by atoms with Crippen molar-refractivity contribution in [3.63, 3.8) is 0 Å². The van der Waals surface area contributed by atoms with Gasteiger partial charge in [-0.3, -0.25) is 4.79 Å². The molecule has 0 bridgehead atoms. The highest BCUT2D eigenvalue weighted by Crippen LogP contribution is 2.26. The Bertz CT molecular complexity index is 447. The van der Waals surface area contributed by atoms with Crippen LogP contribution in [0.2, 0.25) is 0 Å². The number of carboxylic acid groups (broad SMARTS) is 1. The van der Waals surface area contributed by atoms with E-state index in [9.17, 15) is 13.6 Å². The lowest BCUT2D eigenvalue weighted by molar-refractivity contribution is -0.147. The monoisotopic (exact) mass is 288 g/mol. The van der Waals surface area contributed by atoms with Gasteiger partial charge in [0.05, 0.1) is 5.41 Å². The van der Waals surface area contributed by atoms with E-state index in [1.165, 1.54) is 23.9 Å². The first-order chi connectivity index (χ1) is 8.83. The highest BCUT2D eigenvalue weighted by atomic mass is 32.2. The molecular formula is C14H18F2O2S. The van der Waals surface area contributed by atoms with Crippen LogP contribution in [0, 0.1) is 17.0 Å². The molecule has 0 heterocycles. The Morgan fingerprint density at radius 2 is 2.00 bits per heavy atom. The van der Waals surface area contributed by atoms with Gasteiger partial charge in [0.1, 0.15) is 11.6 Å². The number of aliphatic carboxylic acids is 1. The van der Waals surface area contributed by atoms with E-state index in [2.05, 4.69) is 0 Å². The molecule has 0 aliphatic rings. The van der Waals surface area contributed by atoms with Gasteiger partial charge in [-0.2, -0.15) is 0 Å². The number of unbranched alkanes of at least 4 members (excludes halogenated alkanes) is 1. The summed E-state index contributed by atoms with van der Waals surface area (Å²) in [6, 6.07) is 3.53. The number of halogens is 2. The van der Waals surface area contributed by atoms with Crippen molar-refractivity contribution in [2.75, 3.05) is 5.75 Å². The fourth-order valence-electron chi connectivity index (χ4n) is 1.55. The molecular weight excluding hydrogens is 270 g/mol. The van der Waals surface area contributed by atoms with Crippen molar-refractivity contribution < 1.29 is 18.7 Å². The molecule has 0 amide bonds. The lowest BCUT2D eigenvalue weighted by atomic mass is 9.88. The van der Waals surface area contributed by atoms with Gasteiger partial charge >= 0.3 is 5.97 Å². The highest BCUT2D eigenvalue weighted by Gasteiger charge is 2.25.